The van der Waals surface area contributed by atoms with Gasteiger partial charge in [0.05, 0.1) is 12.5 Å². The van der Waals surface area contributed by atoms with Crippen molar-refractivity contribution in [2.75, 3.05) is 19.8 Å². The van der Waals surface area contributed by atoms with E-state index in [0.717, 1.165) is 0 Å². The molecule has 1 N–H and O–H groups in total. The number of ether oxygens (including phenoxy) is 1. The van der Waals surface area contributed by atoms with Crippen LogP contribution in [0, 0.1) is 5.92 Å². The Morgan fingerprint density at radius 2 is 1.53 bits per heavy atom. The van der Waals surface area contributed by atoms with Crippen LogP contribution in [0.4, 0.5) is 26.3 Å². The van der Waals surface area contributed by atoms with Crippen molar-refractivity contribution < 1.29 is 31.1 Å². The van der Waals surface area contributed by atoms with Gasteiger partial charge >= 0.3 is 12.4 Å². The smallest absolute Gasteiger partial charge is 0.371 e. The SMILES string of the molecule is FC(F)(F)COCCNC1CCC(C(F)(F)F)CC1. The van der Waals surface area contributed by atoms with Gasteiger partial charge in [-0.05, 0) is 25.7 Å². The number of nitrogens with one attached hydrogen (secondary N) is 1. The molecule has 1 rings (SSSR count). The Morgan fingerprint density at radius 1 is 0.947 bits per heavy atom. The number of rotatable bonds is 5. The number of halogens is 6. The predicted molar refractivity (Wildman–Crippen MR) is 56.7 cm³/mol. The third-order valence-corrected chi connectivity index (χ3v) is 3.14. The molecule has 114 valence electrons. The summed E-state index contributed by atoms with van der Waals surface area (Å²) in [6.07, 6.45) is -7.55. The molecule has 0 unspecified atom stereocenters. The maximum atomic E-state index is 12.4. The molecule has 0 aliphatic heterocycles. The molecule has 0 saturated heterocycles. The van der Waals surface area contributed by atoms with Gasteiger partial charge in [0.1, 0.15) is 6.61 Å². The van der Waals surface area contributed by atoms with Crippen molar-refractivity contribution in [3.63, 3.8) is 0 Å². The second-order valence-corrected chi connectivity index (χ2v) is 4.71. The Morgan fingerprint density at radius 3 is 2.00 bits per heavy atom. The van der Waals surface area contributed by atoms with Gasteiger partial charge in [0, 0.05) is 12.6 Å². The van der Waals surface area contributed by atoms with E-state index in [1.165, 1.54) is 0 Å². The summed E-state index contributed by atoms with van der Waals surface area (Å²) in [6.45, 7) is -1.17. The molecule has 0 aromatic rings. The monoisotopic (exact) mass is 293 g/mol. The Labute approximate surface area is 107 Å². The lowest BCUT2D eigenvalue weighted by Gasteiger charge is -2.30. The van der Waals surface area contributed by atoms with Crippen molar-refractivity contribution in [2.45, 2.75) is 44.1 Å². The minimum atomic E-state index is -4.34. The lowest BCUT2D eigenvalue weighted by Crippen LogP contribution is -2.38. The van der Waals surface area contributed by atoms with Crippen LogP contribution in [-0.4, -0.2) is 38.2 Å². The van der Waals surface area contributed by atoms with E-state index in [2.05, 4.69) is 10.1 Å². The summed E-state index contributed by atoms with van der Waals surface area (Å²) in [5, 5.41) is 2.92. The zero-order valence-electron chi connectivity index (χ0n) is 10.3. The Hall–Kier alpha value is -0.500. The fourth-order valence-corrected chi connectivity index (χ4v) is 2.15. The van der Waals surface area contributed by atoms with E-state index < -0.39 is 24.9 Å². The van der Waals surface area contributed by atoms with E-state index in [1.807, 2.05) is 0 Å². The Balaban J connectivity index is 2.07. The lowest BCUT2D eigenvalue weighted by molar-refractivity contribution is -0.182. The summed E-state index contributed by atoms with van der Waals surface area (Å²) >= 11 is 0. The maximum Gasteiger partial charge on any atom is 0.411 e. The molecule has 1 aliphatic rings. The molecule has 0 aromatic carbocycles. The van der Waals surface area contributed by atoms with Crippen LogP contribution >= 0.6 is 0 Å². The summed E-state index contributed by atoms with van der Waals surface area (Å²) in [5.74, 6) is -1.24. The van der Waals surface area contributed by atoms with E-state index in [9.17, 15) is 26.3 Å². The van der Waals surface area contributed by atoms with Gasteiger partial charge in [-0.1, -0.05) is 0 Å². The molecule has 8 heteroatoms. The van der Waals surface area contributed by atoms with Gasteiger partial charge in [0.2, 0.25) is 0 Å². The van der Waals surface area contributed by atoms with Gasteiger partial charge in [-0.2, -0.15) is 26.3 Å². The van der Waals surface area contributed by atoms with E-state index in [0.29, 0.717) is 12.8 Å². The quantitative estimate of drug-likeness (QED) is 0.620. The molecule has 0 aromatic heterocycles. The van der Waals surface area contributed by atoms with Crippen molar-refractivity contribution in [1.82, 2.24) is 5.32 Å². The van der Waals surface area contributed by atoms with Crippen molar-refractivity contribution >= 4 is 0 Å². The van der Waals surface area contributed by atoms with Crippen molar-refractivity contribution in [2.24, 2.45) is 5.92 Å². The predicted octanol–water partition coefficient (Wildman–Crippen LogP) is 3.28. The van der Waals surface area contributed by atoms with Crippen LogP contribution in [0.3, 0.4) is 0 Å². The number of alkyl halides is 6. The minimum absolute atomic E-state index is 0.0620. The van der Waals surface area contributed by atoms with Gasteiger partial charge in [-0.3, -0.25) is 0 Å². The second kappa shape index (κ2) is 6.78. The molecule has 0 spiro atoms. The van der Waals surface area contributed by atoms with Gasteiger partial charge in [-0.15, -0.1) is 0 Å². The van der Waals surface area contributed by atoms with Crippen molar-refractivity contribution in [3.05, 3.63) is 0 Å². The summed E-state index contributed by atoms with van der Waals surface area (Å²) < 4.78 is 76.8. The third kappa shape index (κ3) is 7.00. The highest BCUT2D eigenvalue weighted by molar-refractivity contribution is 4.80. The summed E-state index contributed by atoms with van der Waals surface area (Å²) in [7, 11) is 0. The molecule has 0 radical (unpaired) electrons. The minimum Gasteiger partial charge on any atom is -0.371 e. The maximum absolute atomic E-state index is 12.4. The standard InChI is InChI=1S/C11H17F6NO/c12-10(13,14)7-19-6-5-18-9-3-1-8(2-4-9)11(15,16)17/h8-9,18H,1-7H2. The molecular formula is C11H17F6NO. The Bertz CT molecular complexity index is 257. The molecule has 0 amide bonds. The first kappa shape index (κ1) is 16.6. The van der Waals surface area contributed by atoms with Crippen LogP contribution in [0.25, 0.3) is 0 Å². The zero-order chi connectivity index (χ0) is 14.5. The highest BCUT2D eigenvalue weighted by atomic mass is 19.4. The average Bonchev–Trinajstić information content (AvgIpc) is 2.26. The van der Waals surface area contributed by atoms with Crippen LogP contribution in [0.5, 0.6) is 0 Å². The van der Waals surface area contributed by atoms with Crippen molar-refractivity contribution in [1.29, 1.82) is 0 Å². The molecular weight excluding hydrogens is 276 g/mol. The van der Waals surface area contributed by atoms with Crippen LogP contribution in [0.1, 0.15) is 25.7 Å². The van der Waals surface area contributed by atoms with Crippen LogP contribution in [0.15, 0.2) is 0 Å². The van der Waals surface area contributed by atoms with Crippen molar-refractivity contribution in [3.8, 4) is 0 Å². The Kier molecular flexibility index (Phi) is 5.91. The highest BCUT2D eigenvalue weighted by Gasteiger charge is 2.41. The summed E-state index contributed by atoms with van der Waals surface area (Å²) in [6, 6.07) is -0.0620. The molecule has 0 atom stereocenters. The molecule has 1 saturated carbocycles. The first-order chi connectivity index (χ1) is 8.68. The summed E-state index contributed by atoms with van der Waals surface area (Å²) in [5.41, 5.74) is 0. The van der Waals surface area contributed by atoms with Crippen LogP contribution < -0.4 is 5.32 Å². The largest absolute Gasteiger partial charge is 0.411 e. The highest BCUT2D eigenvalue weighted by Crippen LogP contribution is 2.37. The van der Waals surface area contributed by atoms with Gasteiger partial charge in [-0.25, -0.2) is 0 Å². The van der Waals surface area contributed by atoms with E-state index >= 15 is 0 Å². The lowest BCUT2D eigenvalue weighted by atomic mass is 9.85. The number of hydrogen-bond acceptors (Lipinski definition) is 2. The van der Waals surface area contributed by atoms with Crippen LogP contribution in [-0.2, 0) is 4.74 Å². The molecule has 0 bridgehead atoms. The van der Waals surface area contributed by atoms with Gasteiger partial charge < -0.3 is 10.1 Å². The molecule has 2 nitrogen and oxygen atoms in total. The zero-order valence-corrected chi connectivity index (χ0v) is 10.3. The molecule has 0 heterocycles. The number of hydrogen-bond donors (Lipinski definition) is 1. The topological polar surface area (TPSA) is 21.3 Å². The third-order valence-electron chi connectivity index (χ3n) is 3.14. The molecule has 19 heavy (non-hydrogen) atoms. The normalized spacial score (nSPS) is 25.6. The van der Waals surface area contributed by atoms with Gasteiger partial charge in [0.15, 0.2) is 0 Å². The van der Waals surface area contributed by atoms with Crippen LogP contribution in [0.2, 0.25) is 0 Å². The fourth-order valence-electron chi connectivity index (χ4n) is 2.15. The molecule has 1 fully saturated rings. The first-order valence-electron chi connectivity index (χ1n) is 6.13. The van der Waals surface area contributed by atoms with E-state index in [-0.39, 0.29) is 32.0 Å². The van der Waals surface area contributed by atoms with E-state index in [1.54, 1.807) is 0 Å². The van der Waals surface area contributed by atoms with Gasteiger partial charge in [0.25, 0.3) is 0 Å². The second-order valence-electron chi connectivity index (χ2n) is 4.71. The fraction of sp³-hybridized carbons (Fsp3) is 1.00. The first-order valence-corrected chi connectivity index (χ1v) is 6.13. The van der Waals surface area contributed by atoms with E-state index in [4.69, 9.17) is 0 Å². The molecule has 1 aliphatic carbocycles. The average molecular weight is 293 g/mol. The summed E-state index contributed by atoms with van der Waals surface area (Å²) in [4.78, 5) is 0.